The lowest BCUT2D eigenvalue weighted by atomic mass is 9.97. The zero-order valence-corrected chi connectivity index (χ0v) is 32.2. The van der Waals surface area contributed by atoms with Crippen molar-refractivity contribution in [2.75, 3.05) is 0 Å². The topological polar surface area (TPSA) is 160 Å². The number of carbonyl (C=O) groups is 4. The van der Waals surface area contributed by atoms with Crippen LogP contribution in [0.1, 0.15) is 98.4 Å². The number of hydrogen-bond donors (Lipinski definition) is 1. The van der Waals surface area contributed by atoms with Gasteiger partial charge >= 0.3 is 39.2 Å². The number of carbonyl (C=O) groups excluding carboxylic acids is 4. The van der Waals surface area contributed by atoms with Crippen molar-refractivity contribution >= 4 is 34.0 Å². The van der Waals surface area contributed by atoms with Crippen molar-refractivity contribution in [2.24, 2.45) is 0 Å². The molecule has 1 atom stereocenters. The summed E-state index contributed by atoms with van der Waals surface area (Å²) < 4.78 is 83.0. The first-order chi connectivity index (χ1) is 24.9. The molecule has 0 radical (unpaired) electrons. The fourth-order valence-electron chi connectivity index (χ4n) is 6.20. The van der Waals surface area contributed by atoms with Crippen molar-refractivity contribution in [3.63, 3.8) is 0 Å². The van der Waals surface area contributed by atoms with Gasteiger partial charge in [-0.2, -0.15) is 17.2 Å². The van der Waals surface area contributed by atoms with E-state index in [-0.39, 0.29) is 17.2 Å². The van der Waals surface area contributed by atoms with Crippen LogP contribution in [0.25, 0.3) is 0 Å². The second-order valence-electron chi connectivity index (χ2n) is 13.4. The van der Waals surface area contributed by atoms with E-state index < -0.39 is 67.6 Å². The molecule has 0 bridgehead atoms. The minimum atomic E-state index is -6.07. The Morgan fingerprint density at radius 1 is 0.519 bits per heavy atom. The number of aryl methyl sites for hydroxylation is 9. The van der Waals surface area contributed by atoms with Crippen molar-refractivity contribution < 1.29 is 59.9 Å². The Labute approximate surface area is 312 Å². The molecule has 14 heteroatoms. The van der Waals surface area contributed by atoms with Crippen LogP contribution in [0.5, 0.6) is 17.2 Å². The molecule has 4 aromatic rings. The highest BCUT2D eigenvalue weighted by atomic mass is 32.2. The summed E-state index contributed by atoms with van der Waals surface area (Å²) in [6.45, 7) is 16.0. The molecule has 0 aliphatic carbocycles. The van der Waals surface area contributed by atoms with Crippen LogP contribution in [-0.4, -0.2) is 48.2 Å². The van der Waals surface area contributed by atoms with Gasteiger partial charge in [0.25, 0.3) is 0 Å². The van der Waals surface area contributed by atoms with E-state index in [1.165, 1.54) is 0 Å². The minimum absolute atomic E-state index is 0.0834. The first kappa shape index (κ1) is 41.3. The van der Waals surface area contributed by atoms with Crippen molar-refractivity contribution in [3.8, 4) is 17.2 Å². The van der Waals surface area contributed by atoms with E-state index in [1.807, 2.05) is 20.8 Å². The van der Waals surface area contributed by atoms with E-state index >= 15 is 0 Å². The Balaban J connectivity index is 1.98. The SMILES string of the molecule is Cc1cc(C)c(OC(=O)c2cc(C(=O)Oc3c(C)cc(C)cc3C)c(C(=O)OC(C)C(F)(F)S(=O)(=O)O)cc2C(=O)Oc2c(C)cc(C)cc2C)c(C)c1. The molecule has 0 fully saturated rings. The van der Waals surface area contributed by atoms with E-state index in [0.29, 0.717) is 40.3 Å². The van der Waals surface area contributed by atoms with Gasteiger partial charge in [0.1, 0.15) is 17.2 Å². The fraction of sp³-hybridized carbons (Fsp3) is 0.300. The van der Waals surface area contributed by atoms with E-state index in [1.54, 1.807) is 77.9 Å². The lowest BCUT2D eigenvalue weighted by molar-refractivity contribution is -0.0550. The molecule has 0 amide bonds. The second-order valence-corrected chi connectivity index (χ2v) is 14.9. The lowest BCUT2D eigenvalue weighted by Crippen LogP contribution is -2.42. The third-order valence-electron chi connectivity index (χ3n) is 8.54. The summed E-state index contributed by atoms with van der Waals surface area (Å²) in [6.07, 6.45) is -2.80. The van der Waals surface area contributed by atoms with Gasteiger partial charge in [0, 0.05) is 0 Å². The molecule has 4 aromatic carbocycles. The molecule has 4 rings (SSSR count). The number of rotatable bonds is 10. The molecule has 11 nitrogen and oxygen atoms in total. The van der Waals surface area contributed by atoms with Gasteiger partial charge in [-0.1, -0.05) is 53.1 Å². The van der Waals surface area contributed by atoms with Crippen molar-refractivity contribution in [2.45, 2.75) is 80.6 Å². The summed E-state index contributed by atoms with van der Waals surface area (Å²) in [5, 5.41) is -4.98. The molecule has 1 N–H and O–H groups in total. The Bertz CT molecular complexity index is 2260. The summed E-state index contributed by atoms with van der Waals surface area (Å²) in [6, 6.07) is 12.0. The first-order valence-electron chi connectivity index (χ1n) is 16.6. The second kappa shape index (κ2) is 15.5. The van der Waals surface area contributed by atoms with Gasteiger partial charge in [0.2, 0.25) is 0 Å². The van der Waals surface area contributed by atoms with Gasteiger partial charge in [-0.05, 0) is 115 Å². The van der Waals surface area contributed by atoms with E-state index in [2.05, 4.69) is 0 Å². The molecule has 0 aliphatic rings. The molecule has 0 spiro atoms. The number of ether oxygens (including phenoxy) is 4. The maximum atomic E-state index is 14.5. The van der Waals surface area contributed by atoms with Crippen LogP contribution < -0.4 is 14.2 Å². The fourth-order valence-corrected chi connectivity index (χ4v) is 6.67. The van der Waals surface area contributed by atoms with Crippen LogP contribution in [-0.2, 0) is 14.9 Å². The molecule has 0 saturated heterocycles. The van der Waals surface area contributed by atoms with Gasteiger partial charge in [-0.15, -0.1) is 0 Å². The summed E-state index contributed by atoms with van der Waals surface area (Å²) in [5.41, 5.74) is 3.01. The molecule has 54 heavy (non-hydrogen) atoms. The van der Waals surface area contributed by atoms with Gasteiger partial charge in [-0.25, -0.2) is 19.2 Å². The maximum Gasteiger partial charge on any atom is 0.405 e. The van der Waals surface area contributed by atoms with Gasteiger partial charge in [0.05, 0.1) is 22.3 Å². The summed E-state index contributed by atoms with van der Waals surface area (Å²) in [7, 11) is -6.07. The highest BCUT2D eigenvalue weighted by Gasteiger charge is 2.52. The molecular weight excluding hydrogens is 726 g/mol. The number of halogens is 2. The van der Waals surface area contributed by atoms with Crippen LogP contribution in [0.4, 0.5) is 8.78 Å². The van der Waals surface area contributed by atoms with Crippen molar-refractivity contribution in [3.05, 3.63) is 121 Å². The monoisotopic (exact) mass is 766 g/mol. The van der Waals surface area contributed by atoms with Crippen LogP contribution in [0.3, 0.4) is 0 Å². The number of benzene rings is 4. The minimum Gasteiger partial charge on any atom is -0.451 e. The lowest BCUT2D eigenvalue weighted by Gasteiger charge is -2.22. The summed E-state index contributed by atoms with van der Waals surface area (Å²) in [4.78, 5) is 55.7. The summed E-state index contributed by atoms with van der Waals surface area (Å²) in [5.74, 6) is -5.00. The third kappa shape index (κ3) is 8.66. The quantitative estimate of drug-likeness (QED) is 0.0943. The Kier molecular flexibility index (Phi) is 11.8. The van der Waals surface area contributed by atoms with Crippen LogP contribution in [0, 0.1) is 62.3 Å². The predicted octanol–water partition coefficient (Wildman–Crippen LogP) is 8.15. The Morgan fingerprint density at radius 3 is 1.00 bits per heavy atom. The van der Waals surface area contributed by atoms with E-state index in [0.717, 1.165) is 28.8 Å². The zero-order valence-electron chi connectivity index (χ0n) is 31.4. The zero-order chi connectivity index (χ0) is 40.6. The number of alkyl halides is 2. The van der Waals surface area contributed by atoms with Gasteiger partial charge < -0.3 is 18.9 Å². The molecular formula is C40H40F2O11S. The standard InChI is InChI=1S/C40H40F2O11S/c1-19-11-22(4)33(23(5)12-19)51-37(44)30-18-32(39(46)53-35-26(8)15-21(3)16-27(35)9)31(38(45)52-34-24(6)13-20(2)14-25(34)7)17-29(30)36(43)50-28(10)40(41,42)54(47,48)49/h11-18,28H,1-10H3,(H,47,48,49). The molecule has 0 heterocycles. The van der Waals surface area contributed by atoms with Crippen molar-refractivity contribution in [1.29, 1.82) is 0 Å². The smallest absolute Gasteiger partial charge is 0.405 e. The Hall–Kier alpha value is -5.47. The molecule has 1 unspecified atom stereocenters. The predicted molar refractivity (Wildman–Crippen MR) is 195 cm³/mol. The average Bonchev–Trinajstić information content (AvgIpc) is 3.04. The average molecular weight is 767 g/mol. The Morgan fingerprint density at radius 2 is 0.759 bits per heavy atom. The number of esters is 4. The van der Waals surface area contributed by atoms with Crippen LogP contribution in [0.15, 0.2) is 48.5 Å². The van der Waals surface area contributed by atoms with Crippen molar-refractivity contribution in [1.82, 2.24) is 0 Å². The highest BCUT2D eigenvalue weighted by Crippen LogP contribution is 2.33. The largest absolute Gasteiger partial charge is 0.451 e. The normalized spacial score (nSPS) is 12.2. The summed E-state index contributed by atoms with van der Waals surface area (Å²) >= 11 is 0. The van der Waals surface area contributed by atoms with Gasteiger partial charge in [-0.3, -0.25) is 4.55 Å². The molecule has 286 valence electrons. The molecule has 0 saturated carbocycles. The van der Waals surface area contributed by atoms with Crippen LogP contribution in [0.2, 0.25) is 0 Å². The molecule has 0 aromatic heterocycles. The molecule has 0 aliphatic heterocycles. The van der Waals surface area contributed by atoms with E-state index in [9.17, 15) is 36.4 Å². The maximum absolute atomic E-state index is 14.5. The first-order valence-corrected chi connectivity index (χ1v) is 18.0. The third-order valence-corrected chi connectivity index (χ3v) is 9.56. The number of hydrogen-bond acceptors (Lipinski definition) is 10. The van der Waals surface area contributed by atoms with Gasteiger partial charge in [0.15, 0.2) is 6.10 Å². The van der Waals surface area contributed by atoms with E-state index in [4.69, 9.17) is 23.5 Å². The van der Waals surface area contributed by atoms with Crippen LogP contribution >= 0.6 is 0 Å². The highest BCUT2D eigenvalue weighted by molar-refractivity contribution is 7.86.